The summed E-state index contributed by atoms with van der Waals surface area (Å²) < 4.78 is 4.90. The monoisotopic (exact) mass is 686 g/mol. The zero-order valence-electron chi connectivity index (χ0n) is 29.5. The van der Waals surface area contributed by atoms with Crippen LogP contribution in [-0.4, -0.2) is 9.13 Å². The Morgan fingerprint density at radius 3 is 1.54 bits per heavy atom. The molecule has 0 saturated carbocycles. The van der Waals surface area contributed by atoms with Crippen LogP contribution in [0.1, 0.15) is 0 Å². The van der Waals surface area contributed by atoms with Gasteiger partial charge in [0.05, 0.1) is 33.4 Å². The lowest BCUT2D eigenvalue weighted by molar-refractivity contribution is 1.18. The molecule has 0 aliphatic carbocycles. The molecule has 0 aliphatic rings. The highest BCUT2D eigenvalue weighted by Gasteiger charge is 2.19. The van der Waals surface area contributed by atoms with E-state index in [2.05, 4.69) is 215 Å². The molecule has 0 N–H and O–H groups in total. The van der Waals surface area contributed by atoms with E-state index in [9.17, 15) is 0 Å². The number of benzene rings is 9. The van der Waals surface area contributed by atoms with E-state index in [1.165, 1.54) is 99.1 Å². The van der Waals surface area contributed by atoms with Gasteiger partial charge in [0, 0.05) is 32.7 Å². The first-order chi connectivity index (χ1) is 26.8. The Kier molecular flexibility index (Phi) is 6.90. The van der Waals surface area contributed by atoms with Gasteiger partial charge < -0.3 is 9.13 Å². The molecule has 2 aromatic heterocycles. The number of hydrogen-bond acceptors (Lipinski definition) is 0. The fraction of sp³-hybridized carbons (Fsp3) is 0. The first-order valence-electron chi connectivity index (χ1n) is 18.6. The van der Waals surface area contributed by atoms with Crippen LogP contribution in [0.15, 0.2) is 206 Å². The second-order valence-corrected chi connectivity index (χ2v) is 14.1. The van der Waals surface area contributed by atoms with E-state index in [4.69, 9.17) is 0 Å². The number of nitrogens with zero attached hydrogens (tertiary/aromatic N) is 2. The summed E-state index contributed by atoms with van der Waals surface area (Å²) >= 11 is 0. The molecular weight excluding hydrogens is 653 g/mol. The maximum atomic E-state index is 2.45. The molecule has 11 rings (SSSR count). The van der Waals surface area contributed by atoms with Crippen LogP contribution in [0, 0.1) is 0 Å². The van der Waals surface area contributed by atoms with Crippen molar-refractivity contribution in [2.45, 2.75) is 0 Å². The first kappa shape index (κ1) is 30.5. The van der Waals surface area contributed by atoms with Gasteiger partial charge in [-0.05, 0) is 75.5 Å². The van der Waals surface area contributed by atoms with E-state index in [1.54, 1.807) is 0 Å². The molecule has 54 heavy (non-hydrogen) atoms. The SMILES string of the molecule is c1ccc(-c2ccccc2-n2c3ccccc3c3ccc(-c4ccc5c(c4)c4ccccc4n5-c4ccccc4-c4cccc5ccccc45)cc32)cc1. The van der Waals surface area contributed by atoms with Crippen LogP contribution in [0.2, 0.25) is 0 Å². The third kappa shape index (κ3) is 4.67. The second-order valence-electron chi connectivity index (χ2n) is 14.1. The van der Waals surface area contributed by atoms with Crippen molar-refractivity contribution in [3.05, 3.63) is 206 Å². The molecule has 0 saturated heterocycles. The summed E-state index contributed by atoms with van der Waals surface area (Å²) in [7, 11) is 0. The molecule has 0 unspecified atom stereocenters. The normalized spacial score (nSPS) is 11.7. The quantitative estimate of drug-likeness (QED) is 0.171. The molecule has 0 fully saturated rings. The fourth-order valence-corrected chi connectivity index (χ4v) is 8.71. The van der Waals surface area contributed by atoms with Gasteiger partial charge in [-0.2, -0.15) is 0 Å². The zero-order chi connectivity index (χ0) is 35.6. The second kappa shape index (κ2) is 12.2. The van der Waals surface area contributed by atoms with Crippen molar-refractivity contribution in [2.75, 3.05) is 0 Å². The lowest BCUT2D eigenvalue weighted by atomic mass is 9.97. The van der Waals surface area contributed by atoms with Gasteiger partial charge in [0.25, 0.3) is 0 Å². The zero-order valence-corrected chi connectivity index (χ0v) is 29.5. The van der Waals surface area contributed by atoms with Gasteiger partial charge in [-0.15, -0.1) is 0 Å². The highest BCUT2D eigenvalue weighted by atomic mass is 15.0. The Hall–Kier alpha value is -7.16. The highest BCUT2D eigenvalue weighted by Crippen LogP contribution is 2.41. The van der Waals surface area contributed by atoms with E-state index < -0.39 is 0 Å². The van der Waals surface area contributed by atoms with Crippen molar-refractivity contribution in [2.24, 2.45) is 0 Å². The van der Waals surface area contributed by atoms with Crippen LogP contribution in [0.3, 0.4) is 0 Å². The molecule has 0 atom stereocenters. The average molecular weight is 687 g/mol. The summed E-state index contributed by atoms with van der Waals surface area (Å²) in [6, 6.07) is 75.2. The first-order valence-corrected chi connectivity index (χ1v) is 18.6. The van der Waals surface area contributed by atoms with E-state index in [1.807, 2.05) is 0 Å². The third-order valence-electron chi connectivity index (χ3n) is 11.1. The molecule has 2 heteroatoms. The van der Waals surface area contributed by atoms with Gasteiger partial charge in [0.2, 0.25) is 0 Å². The van der Waals surface area contributed by atoms with Crippen molar-refractivity contribution in [1.82, 2.24) is 9.13 Å². The topological polar surface area (TPSA) is 9.86 Å². The molecule has 0 spiro atoms. The van der Waals surface area contributed by atoms with Crippen LogP contribution in [0.4, 0.5) is 0 Å². The van der Waals surface area contributed by atoms with Crippen molar-refractivity contribution in [3.63, 3.8) is 0 Å². The summed E-state index contributed by atoms with van der Waals surface area (Å²) in [5.74, 6) is 0. The number of hydrogen-bond donors (Lipinski definition) is 0. The van der Waals surface area contributed by atoms with Crippen molar-refractivity contribution >= 4 is 54.4 Å². The Balaban J connectivity index is 1.12. The van der Waals surface area contributed by atoms with Gasteiger partial charge in [-0.25, -0.2) is 0 Å². The summed E-state index contributed by atoms with van der Waals surface area (Å²) in [4.78, 5) is 0. The maximum Gasteiger partial charge on any atom is 0.0547 e. The lowest BCUT2D eigenvalue weighted by Crippen LogP contribution is -1.97. The summed E-state index contributed by atoms with van der Waals surface area (Å²) in [6.45, 7) is 0. The molecule has 252 valence electrons. The summed E-state index contributed by atoms with van der Waals surface area (Å²) in [6.07, 6.45) is 0. The fourth-order valence-electron chi connectivity index (χ4n) is 8.71. The molecule has 2 heterocycles. The van der Waals surface area contributed by atoms with Crippen molar-refractivity contribution in [1.29, 1.82) is 0 Å². The van der Waals surface area contributed by atoms with Crippen molar-refractivity contribution < 1.29 is 0 Å². The van der Waals surface area contributed by atoms with Crippen LogP contribution in [0.5, 0.6) is 0 Å². The van der Waals surface area contributed by atoms with E-state index in [0.717, 1.165) is 0 Å². The van der Waals surface area contributed by atoms with Crippen molar-refractivity contribution in [3.8, 4) is 44.8 Å². The molecule has 0 bridgehead atoms. The van der Waals surface area contributed by atoms with E-state index in [0.29, 0.717) is 0 Å². The highest BCUT2D eigenvalue weighted by molar-refractivity contribution is 6.13. The predicted octanol–water partition coefficient (Wildman–Crippen LogP) is 14.0. The molecule has 0 aliphatic heterocycles. The smallest absolute Gasteiger partial charge is 0.0547 e. The number of aromatic nitrogens is 2. The van der Waals surface area contributed by atoms with Gasteiger partial charge in [-0.3, -0.25) is 0 Å². The van der Waals surface area contributed by atoms with Gasteiger partial charge in [0.1, 0.15) is 0 Å². The molecule has 0 radical (unpaired) electrons. The Bertz CT molecular complexity index is 3210. The van der Waals surface area contributed by atoms with Gasteiger partial charge in [-0.1, -0.05) is 164 Å². The Morgan fingerprint density at radius 2 is 0.741 bits per heavy atom. The minimum Gasteiger partial charge on any atom is -0.309 e. The summed E-state index contributed by atoms with van der Waals surface area (Å²) in [5.41, 5.74) is 14.4. The van der Waals surface area contributed by atoms with Gasteiger partial charge >= 0.3 is 0 Å². The Labute approximate surface area is 313 Å². The average Bonchev–Trinajstić information content (AvgIpc) is 3.76. The lowest BCUT2D eigenvalue weighted by Gasteiger charge is -2.16. The third-order valence-corrected chi connectivity index (χ3v) is 11.1. The largest absolute Gasteiger partial charge is 0.309 e. The summed E-state index contributed by atoms with van der Waals surface area (Å²) in [5, 5.41) is 7.50. The van der Waals surface area contributed by atoms with Crippen LogP contribution in [0.25, 0.3) is 99.1 Å². The van der Waals surface area contributed by atoms with Gasteiger partial charge in [0.15, 0.2) is 0 Å². The molecule has 11 aromatic rings. The number of para-hydroxylation sites is 4. The molecule has 9 aromatic carbocycles. The van der Waals surface area contributed by atoms with Crippen LogP contribution < -0.4 is 0 Å². The number of fused-ring (bicyclic) bond motifs is 7. The molecular formula is C52H34N2. The minimum absolute atomic E-state index is 1.18. The molecule has 2 nitrogen and oxygen atoms in total. The van der Waals surface area contributed by atoms with E-state index in [-0.39, 0.29) is 0 Å². The maximum absolute atomic E-state index is 2.45. The van der Waals surface area contributed by atoms with Crippen LogP contribution in [-0.2, 0) is 0 Å². The standard InChI is InChI=1S/C52H34N2/c1-2-15-36(16-3-1)40-20-6-10-25-47(40)54-49-27-12-8-22-43(49)45-31-29-38(34-52(45)54)37-30-32-51-46(33-37)44-23-9-13-28-50(44)53(51)48-26-11-7-21-42(48)41-24-14-18-35-17-4-5-19-39(35)41/h1-34H. The predicted molar refractivity (Wildman–Crippen MR) is 229 cm³/mol. The number of rotatable bonds is 5. The molecule has 0 amide bonds. The van der Waals surface area contributed by atoms with Crippen LogP contribution >= 0.6 is 0 Å². The minimum atomic E-state index is 1.18. The van der Waals surface area contributed by atoms with E-state index >= 15 is 0 Å². The Morgan fingerprint density at radius 1 is 0.241 bits per heavy atom.